The van der Waals surface area contributed by atoms with Gasteiger partial charge in [-0.2, -0.15) is 0 Å². The van der Waals surface area contributed by atoms with E-state index in [0.29, 0.717) is 18.4 Å². The largest absolute Gasteiger partial charge is 0.475 e. The molecule has 1 aliphatic rings. The maximum atomic E-state index is 5.61. The summed E-state index contributed by atoms with van der Waals surface area (Å²) < 4.78 is 5.61. The van der Waals surface area contributed by atoms with Crippen LogP contribution in [0, 0.1) is 5.92 Å². The Kier molecular flexibility index (Phi) is 3.97. The molecule has 2 heterocycles. The molecule has 5 nitrogen and oxygen atoms in total. The van der Waals surface area contributed by atoms with Gasteiger partial charge in [0.25, 0.3) is 5.88 Å². The number of para-hydroxylation sites is 2. The topological polar surface area (TPSA) is 59.1 Å². The van der Waals surface area contributed by atoms with Crippen LogP contribution in [0.4, 0.5) is 5.82 Å². The first-order chi connectivity index (χ1) is 9.86. The number of fused-ring (bicyclic) bond motifs is 1. The van der Waals surface area contributed by atoms with E-state index in [1.165, 1.54) is 6.42 Å². The Bertz CT molecular complexity index is 581. The number of hydrogen-bond acceptors (Lipinski definition) is 5. The average Bonchev–Trinajstić information content (AvgIpc) is 2.98. The molecule has 2 N–H and O–H groups in total. The zero-order chi connectivity index (χ0) is 13.8. The first-order valence-electron chi connectivity index (χ1n) is 7.21. The molecule has 2 aromatic rings. The second-order valence-electron chi connectivity index (χ2n) is 5.04. The van der Waals surface area contributed by atoms with Gasteiger partial charge in [-0.05, 0) is 44.5 Å². The van der Waals surface area contributed by atoms with Crippen molar-refractivity contribution in [3.8, 4) is 5.88 Å². The number of hydrogen-bond donors (Lipinski definition) is 2. The van der Waals surface area contributed by atoms with Crippen molar-refractivity contribution in [3.05, 3.63) is 24.3 Å². The van der Waals surface area contributed by atoms with Crippen LogP contribution in [0.5, 0.6) is 5.88 Å². The first kappa shape index (κ1) is 13.1. The van der Waals surface area contributed by atoms with Crippen LogP contribution in [0.1, 0.15) is 13.3 Å². The van der Waals surface area contributed by atoms with Gasteiger partial charge >= 0.3 is 0 Å². The number of aromatic nitrogens is 2. The molecule has 20 heavy (non-hydrogen) atoms. The summed E-state index contributed by atoms with van der Waals surface area (Å²) in [6.07, 6.45) is 1.21. The molecule has 106 valence electrons. The standard InChI is InChI=1S/C15H20N4O/c1-2-20-15-14(17-10-11-7-8-16-9-11)18-12-5-3-4-6-13(12)19-15/h3-6,11,16H,2,7-10H2,1H3,(H,17,18)/t11-/m1/s1. The molecule has 0 bridgehead atoms. The van der Waals surface area contributed by atoms with Gasteiger partial charge in [0.15, 0.2) is 5.82 Å². The predicted molar refractivity (Wildman–Crippen MR) is 80.2 cm³/mol. The van der Waals surface area contributed by atoms with Crippen LogP contribution in [0.15, 0.2) is 24.3 Å². The fourth-order valence-electron chi connectivity index (χ4n) is 2.47. The van der Waals surface area contributed by atoms with Crippen LogP contribution >= 0.6 is 0 Å². The van der Waals surface area contributed by atoms with Crippen molar-refractivity contribution in [1.82, 2.24) is 15.3 Å². The maximum absolute atomic E-state index is 5.61. The quantitative estimate of drug-likeness (QED) is 0.872. The molecular weight excluding hydrogens is 252 g/mol. The lowest BCUT2D eigenvalue weighted by atomic mass is 10.1. The van der Waals surface area contributed by atoms with E-state index in [-0.39, 0.29) is 0 Å². The highest BCUT2D eigenvalue weighted by Gasteiger charge is 2.16. The second kappa shape index (κ2) is 6.05. The van der Waals surface area contributed by atoms with Crippen molar-refractivity contribution >= 4 is 16.9 Å². The van der Waals surface area contributed by atoms with Gasteiger partial charge in [0.2, 0.25) is 0 Å². The normalized spacial score (nSPS) is 18.4. The summed E-state index contributed by atoms with van der Waals surface area (Å²) in [6, 6.07) is 7.86. The Balaban J connectivity index is 1.84. The van der Waals surface area contributed by atoms with Gasteiger partial charge in [0.1, 0.15) is 0 Å². The van der Waals surface area contributed by atoms with Gasteiger partial charge in [-0.3, -0.25) is 0 Å². The van der Waals surface area contributed by atoms with E-state index in [4.69, 9.17) is 4.74 Å². The van der Waals surface area contributed by atoms with Crippen molar-refractivity contribution in [3.63, 3.8) is 0 Å². The Labute approximate surface area is 118 Å². The lowest BCUT2D eigenvalue weighted by molar-refractivity contribution is 0.328. The SMILES string of the molecule is CCOc1nc2ccccc2nc1NC[C@@H]1CCNC1. The average molecular weight is 272 g/mol. The number of nitrogens with one attached hydrogen (secondary N) is 2. The molecule has 3 rings (SSSR count). The molecule has 0 unspecified atom stereocenters. The fraction of sp³-hybridized carbons (Fsp3) is 0.467. The van der Waals surface area contributed by atoms with Crippen molar-refractivity contribution in [2.75, 3.05) is 31.6 Å². The second-order valence-corrected chi connectivity index (χ2v) is 5.04. The molecule has 5 heteroatoms. The number of benzene rings is 1. The lowest BCUT2D eigenvalue weighted by Gasteiger charge is -2.14. The Hall–Kier alpha value is -1.88. The highest BCUT2D eigenvalue weighted by molar-refractivity contribution is 5.77. The van der Waals surface area contributed by atoms with Crippen LogP contribution in [-0.2, 0) is 0 Å². The Morgan fingerprint density at radius 2 is 2.10 bits per heavy atom. The summed E-state index contributed by atoms with van der Waals surface area (Å²) in [5, 5.41) is 6.76. The van der Waals surface area contributed by atoms with Crippen LogP contribution in [-0.4, -0.2) is 36.2 Å². The summed E-state index contributed by atoms with van der Waals surface area (Å²) >= 11 is 0. The molecule has 1 fully saturated rings. The fourth-order valence-corrected chi connectivity index (χ4v) is 2.47. The number of anilines is 1. The van der Waals surface area contributed by atoms with E-state index in [2.05, 4.69) is 20.6 Å². The molecule has 0 aliphatic carbocycles. The summed E-state index contributed by atoms with van der Waals surface area (Å²) in [5.74, 6) is 1.99. The van der Waals surface area contributed by atoms with Gasteiger partial charge in [0.05, 0.1) is 17.6 Å². The predicted octanol–water partition coefficient (Wildman–Crippen LogP) is 2.05. The zero-order valence-corrected chi connectivity index (χ0v) is 11.7. The van der Waals surface area contributed by atoms with Gasteiger partial charge < -0.3 is 15.4 Å². The van der Waals surface area contributed by atoms with Gasteiger partial charge in [0, 0.05) is 6.54 Å². The highest BCUT2D eigenvalue weighted by atomic mass is 16.5. The van der Waals surface area contributed by atoms with Gasteiger partial charge in [-0.1, -0.05) is 12.1 Å². The third-order valence-corrected chi connectivity index (χ3v) is 3.54. The third kappa shape index (κ3) is 2.82. The van der Waals surface area contributed by atoms with Gasteiger partial charge in [-0.15, -0.1) is 0 Å². The van der Waals surface area contributed by atoms with E-state index in [0.717, 1.165) is 36.5 Å². The third-order valence-electron chi connectivity index (χ3n) is 3.54. The minimum Gasteiger partial charge on any atom is -0.475 e. The first-order valence-corrected chi connectivity index (χ1v) is 7.21. The van der Waals surface area contributed by atoms with Crippen LogP contribution < -0.4 is 15.4 Å². The van der Waals surface area contributed by atoms with Crippen molar-refractivity contribution in [2.45, 2.75) is 13.3 Å². The van der Waals surface area contributed by atoms with Gasteiger partial charge in [-0.25, -0.2) is 9.97 Å². The van der Waals surface area contributed by atoms with E-state index < -0.39 is 0 Å². The molecule has 0 amide bonds. The molecule has 0 radical (unpaired) electrons. The number of ether oxygens (including phenoxy) is 1. The van der Waals surface area contributed by atoms with Crippen LogP contribution in [0.25, 0.3) is 11.0 Å². The molecule has 1 aromatic heterocycles. The monoisotopic (exact) mass is 272 g/mol. The molecule has 1 aliphatic heterocycles. The number of nitrogens with zero attached hydrogens (tertiary/aromatic N) is 2. The number of rotatable bonds is 5. The minimum absolute atomic E-state index is 0.590. The van der Waals surface area contributed by atoms with E-state index in [1.807, 2.05) is 31.2 Å². The molecule has 0 saturated carbocycles. The molecule has 1 saturated heterocycles. The van der Waals surface area contributed by atoms with Crippen molar-refractivity contribution in [2.24, 2.45) is 5.92 Å². The summed E-state index contributed by atoms with van der Waals surface area (Å²) in [6.45, 7) is 5.63. The van der Waals surface area contributed by atoms with E-state index in [1.54, 1.807) is 0 Å². The van der Waals surface area contributed by atoms with Crippen molar-refractivity contribution in [1.29, 1.82) is 0 Å². The molecule has 1 aromatic carbocycles. The van der Waals surface area contributed by atoms with E-state index in [9.17, 15) is 0 Å². The zero-order valence-electron chi connectivity index (χ0n) is 11.7. The minimum atomic E-state index is 0.590. The smallest absolute Gasteiger partial charge is 0.258 e. The van der Waals surface area contributed by atoms with Crippen molar-refractivity contribution < 1.29 is 4.74 Å². The van der Waals surface area contributed by atoms with E-state index >= 15 is 0 Å². The highest BCUT2D eigenvalue weighted by Crippen LogP contribution is 2.24. The lowest BCUT2D eigenvalue weighted by Crippen LogP contribution is -2.18. The molecule has 1 atom stereocenters. The van der Waals surface area contributed by atoms with Crippen LogP contribution in [0.3, 0.4) is 0 Å². The molecular formula is C15H20N4O. The summed E-state index contributed by atoms with van der Waals surface area (Å²) in [4.78, 5) is 9.18. The summed E-state index contributed by atoms with van der Waals surface area (Å²) in [7, 11) is 0. The summed E-state index contributed by atoms with van der Waals surface area (Å²) in [5.41, 5.74) is 1.76. The molecule has 0 spiro atoms. The van der Waals surface area contributed by atoms with Crippen LogP contribution in [0.2, 0.25) is 0 Å². The Morgan fingerprint density at radius 1 is 1.30 bits per heavy atom. The maximum Gasteiger partial charge on any atom is 0.258 e. The Morgan fingerprint density at radius 3 is 2.80 bits per heavy atom.